The predicted molar refractivity (Wildman–Crippen MR) is 97.8 cm³/mol. The lowest BCUT2D eigenvalue weighted by Gasteiger charge is -2.03. The van der Waals surface area contributed by atoms with E-state index in [9.17, 15) is 9.59 Å². The van der Waals surface area contributed by atoms with Crippen molar-refractivity contribution in [1.29, 1.82) is 0 Å². The number of carbonyl (C=O) groups is 2. The van der Waals surface area contributed by atoms with Crippen molar-refractivity contribution in [3.63, 3.8) is 0 Å². The van der Waals surface area contributed by atoms with Crippen molar-refractivity contribution < 1.29 is 14.3 Å². The molecular weight excluding hydrogens is 336 g/mol. The molecule has 3 aromatic rings. The van der Waals surface area contributed by atoms with Crippen LogP contribution in [0.2, 0.25) is 0 Å². The van der Waals surface area contributed by atoms with Crippen LogP contribution in [0.15, 0.2) is 53.5 Å². The fourth-order valence-corrected chi connectivity index (χ4v) is 3.67. The van der Waals surface area contributed by atoms with Gasteiger partial charge >= 0.3 is 5.97 Å². The van der Waals surface area contributed by atoms with Gasteiger partial charge in [-0.15, -0.1) is 0 Å². The summed E-state index contributed by atoms with van der Waals surface area (Å²) < 4.78 is 7.91. The smallest absolute Gasteiger partial charge is 0.338 e. The second kappa shape index (κ2) is 7.44. The molecule has 0 aliphatic heterocycles. The van der Waals surface area contributed by atoms with Crippen LogP contribution in [0.4, 0.5) is 0 Å². The Balaban J connectivity index is 2.08. The highest BCUT2D eigenvalue weighted by Crippen LogP contribution is 2.20. The molecule has 0 N–H and O–H groups in total. The largest absolute Gasteiger partial charge is 0.462 e. The number of thiazole rings is 1. The van der Waals surface area contributed by atoms with Crippen LogP contribution >= 0.6 is 11.3 Å². The quantitative estimate of drug-likeness (QED) is 0.672. The maximum Gasteiger partial charge on any atom is 0.338 e. The first-order valence-electron chi connectivity index (χ1n) is 8.08. The van der Waals surface area contributed by atoms with E-state index in [0.29, 0.717) is 29.1 Å². The number of fused-ring (bicyclic) bond motifs is 1. The number of nitrogens with zero attached hydrogens (tertiary/aromatic N) is 2. The van der Waals surface area contributed by atoms with E-state index in [-0.39, 0.29) is 11.9 Å². The van der Waals surface area contributed by atoms with E-state index in [4.69, 9.17) is 4.74 Å². The standard InChI is InChI=1S/C19H18N2O3S/c1-3-21-15-11-10-14(18(23)24-4-2)12-16(15)25-19(21)20-17(22)13-8-6-5-7-9-13/h5-12H,3-4H2,1-2H3. The van der Waals surface area contributed by atoms with Crippen molar-refractivity contribution in [3.8, 4) is 0 Å². The van der Waals surface area contributed by atoms with Gasteiger partial charge in [-0.2, -0.15) is 4.99 Å². The van der Waals surface area contributed by atoms with Gasteiger partial charge in [0.2, 0.25) is 0 Å². The maximum atomic E-state index is 12.4. The molecule has 0 saturated carbocycles. The topological polar surface area (TPSA) is 60.7 Å². The minimum Gasteiger partial charge on any atom is -0.462 e. The summed E-state index contributed by atoms with van der Waals surface area (Å²) in [6.45, 7) is 4.79. The number of benzene rings is 2. The first kappa shape index (κ1) is 17.1. The van der Waals surface area contributed by atoms with Gasteiger partial charge in [-0.1, -0.05) is 29.5 Å². The lowest BCUT2D eigenvalue weighted by molar-refractivity contribution is 0.0526. The lowest BCUT2D eigenvalue weighted by atomic mass is 10.2. The van der Waals surface area contributed by atoms with Gasteiger partial charge in [-0.05, 0) is 44.2 Å². The molecule has 0 aliphatic rings. The number of hydrogen-bond acceptors (Lipinski definition) is 4. The molecule has 6 heteroatoms. The number of rotatable bonds is 4. The van der Waals surface area contributed by atoms with Crippen LogP contribution in [0.1, 0.15) is 34.6 Å². The molecule has 0 radical (unpaired) electrons. The fraction of sp³-hybridized carbons (Fsp3) is 0.211. The minimum atomic E-state index is -0.348. The Morgan fingerprint density at radius 2 is 1.84 bits per heavy atom. The molecule has 0 aliphatic carbocycles. The number of esters is 1. The molecule has 25 heavy (non-hydrogen) atoms. The zero-order chi connectivity index (χ0) is 17.8. The zero-order valence-electron chi connectivity index (χ0n) is 14.1. The van der Waals surface area contributed by atoms with E-state index >= 15 is 0 Å². The second-order valence-corrected chi connectivity index (χ2v) is 6.32. The lowest BCUT2D eigenvalue weighted by Crippen LogP contribution is -2.15. The van der Waals surface area contributed by atoms with E-state index in [1.54, 1.807) is 31.2 Å². The van der Waals surface area contributed by atoms with Crippen molar-refractivity contribution in [2.24, 2.45) is 4.99 Å². The highest BCUT2D eigenvalue weighted by atomic mass is 32.1. The summed E-state index contributed by atoms with van der Waals surface area (Å²) in [5.41, 5.74) is 2.00. The molecule has 1 amide bonds. The highest BCUT2D eigenvalue weighted by Gasteiger charge is 2.12. The third kappa shape index (κ3) is 3.53. The number of aromatic nitrogens is 1. The number of ether oxygens (including phenoxy) is 1. The predicted octanol–water partition coefficient (Wildman–Crippen LogP) is 3.64. The Morgan fingerprint density at radius 3 is 2.52 bits per heavy atom. The zero-order valence-corrected chi connectivity index (χ0v) is 14.9. The van der Waals surface area contributed by atoms with Crippen LogP contribution in [0.3, 0.4) is 0 Å². The summed E-state index contributed by atoms with van der Waals surface area (Å²) in [7, 11) is 0. The summed E-state index contributed by atoms with van der Waals surface area (Å²) in [5.74, 6) is -0.625. The molecule has 0 fully saturated rings. The Hall–Kier alpha value is -2.73. The van der Waals surface area contributed by atoms with Crippen molar-refractivity contribution >= 4 is 33.4 Å². The van der Waals surface area contributed by atoms with E-state index in [0.717, 1.165) is 10.2 Å². The van der Waals surface area contributed by atoms with Crippen molar-refractivity contribution in [2.75, 3.05) is 6.61 Å². The van der Waals surface area contributed by atoms with E-state index in [1.807, 2.05) is 35.8 Å². The number of amides is 1. The molecule has 5 nitrogen and oxygen atoms in total. The third-order valence-electron chi connectivity index (χ3n) is 3.73. The molecule has 3 rings (SSSR count). The van der Waals surface area contributed by atoms with Crippen molar-refractivity contribution in [3.05, 3.63) is 64.5 Å². The molecular formula is C19H18N2O3S. The van der Waals surface area contributed by atoms with Gasteiger partial charge in [0.1, 0.15) is 0 Å². The molecule has 0 spiro atoms. The van der Waals surface area contributed by atoms with Crippen LogP contribution in [0.5, 0.6) is 0 Å². The number of carbonyl (C=O) groups excluding carboxylic acids is 2. The SMILES string of the molecule is CCOC(=O)c1ccc2c(c1)sc(=NC(=O)c1ccccc1)n2CC. The Kier molecular flexibility index (Phi) is 5.09. The first-order valence-corrected chi connectivity index (χ1v) is 8.90. The molecule has 0 saturated heterocycles. The van der Waals surface area contributed by atoms with Crippen molar-refractivity contribution in [1.82, 2.24) is 4.57 Å². The van der Waals surface area contributed by atoms with Gasteiger partial charge in [0, 0.05) is 12.1 Å². The minimum absolute atomic E-state index is 0.278. The molecule has 128 valence electrons. The van der Waals surface area contributed by atoms with Crippen LogP contribution < -0.4 is 4.80 Å². The fourth-order valence-electron chi connectivity index (χ4n) is 2.54. The molecule has 1 aromatic heterocycles. The van der Waals surface area contributed by atoms with Gasteiger partial charge in [0.05, 0.1) is 22.4 Å². The second-order valence-electron chi connectivity index (χ2n) is 5.31. The summed E-state index contributed by atoms with van der Waals surface area (Å²) in [6, 6.07) is 14.4. The Labute approximate surface area is 149 Å². The Bertz CT molecular complexity index is 987. The van der Waals surface area contributed by atoms with Crippen molar-refractivity contribution in [2.45, 2.75) is 20.4 Å². The summed E-state index contributed by atoms with van der Waals surface area (Å²) >= 11 is 1.39. The van der Waals surface area contributed by atoms with Crippen LogP contribution in [0.25, 0.3) is 10.2 Å². The molecule has 0 atom stereocenters. The first-order chi connectivity index (χ1) is 12.1. The van der Waals surface area contributed by atoms with Gasteiger partial charge in [-0.3, -0.25) is 4.79 Å². The normalized spacial score (nSPS) is 11.7. The molecule has 2 aromatic carbocycles. The van der Waals surface area contributed by atoms with Crippen LogP contribution in [-0.2, 0) is 11.3 Å². The highest BCUT2D eigenvalue weighted by molar-refractivity contribution is 7.16. The van der Waals surface area contributed by atoms with E-state index in [2.05, 4.69) is 4.99 Å². The Morgan fingerprint density at radius 1 is 1.08 bits per heavy atom. The average molecular weight is 354 g/mol. The monoisotopic (exact) mass is 354 g/mol. The summed E-state index contributed by atoms with van der Waals surface area (Å²) in [6.07, 6.45) is 0. The number of aryl methyl sites for hydroxylation is 1. The molecule has 1 heterocycles. The van der Waals surface area contributed by atoms with Gasteiger partial charge in [-0.25, -0.2) is 4.79 Å². The average Bonchev–Trinajstić information content (AvgIpc) is 2.98. The van der Waals surface area contributed by atoms with Gasteiger partial charge in [0.25, 0.3) is 5.91 Å². The van der Waals surface area contributed by atoms with E-state index < -0.39 is 0 Å². The number of hydrogen-bond donors (Lipinski definition) is 0. The van der Waals surface area contributed by atoms with Gasteiger partial charge < -0.3 is 9.30 Å². The van der Waals surface area contributed by atoms with Gasteiger partial charge in [0.15, 0.2) is 4.80 Å². The molecule has 0 unspecified atom stereocenters. The molecule has 0 bridgehead atoms. The maximum absolute atomic E-state index is 12.4. The third-order valence-corrected chi connectivity index (χ3v) is 4.77. The van der Waals surface area contributed by atoms with Crippen LogP contribution in [0, 0.1) is 0 Å². The summed E-state index contributed by atoms with van der Waals surface area (Å²) in [4.78, 5) is 29.2. The van der Waals surface area contributed by atoms with Crippen LogP contribution in [-0.4, -0.2) is 23.1 Å². The summed E-state index contributed by atoms with van der Waals surface area (Å²) in [5, 5.41) is 0. The van der Waals surface area contributed by atoms with E-state index in [1.165, 1.54) is 11.3 Å².